The topological polar surface area (TPSA) is 66.8 Å². The summed E-state index contributed by atoms with van der Waals surface area (Å²) in [7, 11) is 1.49. The second kappa shape index (κ2) is 5.48. The van der Waals surface area contributed by atoms with Crippen molar-refractivity contribution < 1.29 is 19.4 Å². The minimum atomic E-state index is -1.00. The molecule has 1 amide bonds. The minimum Gasteiger partial charge on any atom is -0.495 e. The third-order valence-electron chi connectivity index (χ3n) is 3.15. The molecule has 0 aromatic heterocycles. The first-order valence-corrected chi connectivity index (χ1v) is 6.31. The van der Waals surface area contributed by atoms with Gasteiger partial charge < -0.3 is 9.84 Å². The standard InChI is InChI=1S/C13H14ClNO4/c1-19-11-6-5-8(7-9(11)14)15-10(13(17)18)3-2-4-12(15)16/h5-7,10H,2-4H2,1H3,(H,17,18). The van der Waals surface area contributed by atoms with Crippen LogP contribution in [0.4, 0.5) is 5.69 Å². The first-order valence-electron chi connectivity index (χ1n) is 5.93. The molecule has 0 bridgehead atoms. The van der Waals surface area contributed by atoms with E-state index in [4.69, 9.17) is 16.3 Å². The summed E-state index contributed by atoms with van der Waals surface area (Å²) in [6, 6.07) is 3.99. The number of carbonyl (C=O) groups is 2. The van der Waals surface area contributed by atoms with Crippen molar-refractivity contribution in [2.24, 2.45) is 0 Å². The number of piperidine rings is 1. The van der Waals surface area contributed by atoms with E-state index in [9.17, 15) is 14.7 Å². The van der Waals surface area contributed by atoms with Gasteiger partial charge in [0, 0.05) is 12.1 Å². The van der Waals surface area contributed by atoms with E-state index < -0.39 is 12.0 Å². The van der Waals surface area contributed by atoms with Crippen LogP contribution in [0.5, 0.6) is 5.75 Å². The lowest BCUT2D eigenvalue weighted by Crippen LogP contribution is -2.48. The van der Waals surface area contributed by atoms with Crippen LogP contribution in [0.15, 0.2) is 18.2 Å². The molecular formula is C13H14ClNO4. The van der Waals surface area contributed by atoms with Crippen LogP contribution in [0.2, 0.25) is 5.02 Å². The maximum Gasteiger partial charge on any atom is 0.326 e. The van der Waals surface area contributed by atoms with Gasteiger partial charge in [-0.15, -0.1) is 0 Å². The Morgan fingerprint density at radius 3 is 2.84 bits per heavy atom. The number of amides is 1. The number of carboxylic acids is 1. The fourth-order valence-corrected chi connectivity index (χ4v) is 2.48. The third kappa shape index (κ3) is 2.66. The second-order valence-electron chi connectivity index (χ2n) is 4.33. The van der Waals surface area contributed by atoms with Crippen molar-refractivity contribution in [2.75, 3.05) is 12.0 Å². The molecule has 1 saturated heterocycles. The summed E-state index contributed by atoms with van der Waals surface area (Å²) in [6.07, 6.45) is 1.40. The van der Waals surface area contributed by atoms with Gasteiger partial charge in [-0.1, -0.05) is 11.6 Å². The van der Waals surface area contributed by atoms with Gasteiger partial charge in [-0.2, -0.15) is 0 Å². The highest BCUT2D eigenvalue weighted by Crippen LogP contribution is 2.32. The molecule has 1 aromatic carbocycles. The largest absolute Gasteiger partial charge is 0.495 e. The van der Waals surface area contributed by atoms with Gasteiger partial charge in [-0.3, -0.25) is 9.69 Å². The average molecular weight is 284 g/mol. The Balaban J connectivity index is 2.38. The van der Waals surface area contributed by atoms with Crippen molar-refractivity contribution in [3.8, 4) is 5.75 Å². The van der Waals surface area contributed by atoms with Gasteiger partial charge in [0.05, 0.1) is 12.1 Å². The SMILES string of the molecule is COc1ccc(N2C(=O)CCCC2C(=O)O)cc1Cl. The zero-order chi connectivity index (χ0) is 14.0. The van der Waals surface area contributed by atoms with Crippen molar-refractivity contribution in [3.63, 3.8) is 0 Å². The molecule has 0 radical (unpaired) electrons. The maximum atomic E-state index is 12.0. The highest BCUT2D eigenvalue weighted by molar-refractivity contribution is 6.32. The number of rotatable bonds is 3. The number of hydrogen-bond acceptors (Lipinski definition) is 3. The fraction of sp³-hybridized carbons (Fsp3) is 0.385. The van der Waals surface area contributed by atoms with Gasteiger partial charge in [0.15, 0.2) is 0 Å². The van der Waals surface area contributed by atoms with Crippen LogP contribution < -0.4 is 9.64 Å². The Labute approximate surface area is 115 Å². The lowest BCUT2D eigenvalue weighted by atomic mass is 10.0. The number of carboxylic acid groups (broad SMARTS) is 1. The number of nitrogens with zero attached hydrogens (tertiary/aromatic N) is 1. The van der Waals surface area contributed by atoms with Crippen LogP contribution in [-0.2, 0) is 9.59 Å². The highest BCUT2D eigenvalue weighted by atomic mass is 35.5. The summed E-state index contributed by atoms with van der Waals surface area (Å²) in [5.74, 6) is -0.707. The molecule has 1 unspecified atom stereocenters. The van der Waals surface area contributed by atoms with Crippen molar-refractivity contribution >= 4 is 29.2 Å². The normalized spacial score (nSPS) is 19.4. The van der Waals surface area contributed by atoms with Gasteiger partial charge in [-0.25, -0.2) is 4.79 Å². The van der Waals surface area contributed by atoms with E-state index in [1.54, 1.807) is 18.2 Å². The van der Waals surface area contributed by atoms with Crippen molar-refractivity contribution in [1.29, 1.82) is 0 Å². The zero-order valence-corrected chi connectivity index (χ0v) is 11.2. The van der Waals surface area contributed by atoms with Crippen LogP contribution in [0.25, 0.3) is 0 Å². The third-order valence-corrected chi connectivity index (χ3v) is 3.44. The van der Waals surface area contributed by atoms with E-state index in [1.807, 2.05) is 0 Å². The molecule has 19 heavy (non-hydrogen) atoms. The van der Waals surface area contributed by atoms with Gasteiger partial charge in [0.25, 0.3) is 0 Å². The van der Waals surface area contributed by atoms with Crippen LogP contribution in [0, 0.1) is 0 Å². The molecule has 1 atom stereocenters. The number of hydrogen-bond donors (Lipinski definition) is 1. The van der Waals surface area contributed by atoms with E-state index in [1.165, 1.54) is 12.0 Å². The number of anilines is 1. The van der Waals surface area contributed by atoms with E-state index in [0.29, 0.717) is 35.7 Å². The quantitative estimate of drug-likeness (QED) is 0.924. The average Bonchev–Trinajstić information content (AvgIpc) is 2.38. The first-order chi connectivity index (χ1) is 9.04. The molecule has 0 saturated carbocycles. The smallest absolute Gasteiger partial charge is 0.326 e. The van der Waals surface area contributed by atoms with Crippen molar-refractivity contribution in [3.05, 3.63) is 23.2 Å². The number of halogens is 1. The molecule has 1 aromatic rings. The van der Waals surface area contributed by atoms with E-state index in [2.05, 4.69) is 0 Å². The van der Waals surface area contributed by atoms with Crippen LogP contribution in [-0.4, -0.2) is 30.1 Å². The van der Waals surface area contributed by atoms with Gasteiger partial charge >= 0.3 is 5.97 Å². The van der Waals surface area contributed by atoms with Crippen LogP contribution in [0.3, 0.4) is 0 Å². The molecule has 102 valence electrons. The van der Waals surface area contributed by atoms with E-state index in [0.717, 1.165) is 0 Å². The Morgan fingerprint density at radius 1 is 1.53 bits per heavy atom. The molecule has 2 rings (SSSR count). The number of carbonyl (C=O) groups excluding carboxylic acids is 1. The van der Waals surface area contributed by atoms with Gasteiger partial charge in [-0.05, 0) is 31.0 Å². The maximum absolute atomic E-state index is 12.0. The second-order valence-corrected chi connectivity index (χ2v) is 4.74. The van der Waals surface area contributed by atoms with Crippen LogP contribution >= 0.6 is 11.6 Å². The number of aliphatic carboxylic acids is 1. The summed E-state index contributed by atoms with van der Waals surface area (Å²) >= 11 is 6.01. The predicted molar refractivity (Wildman–Crippen MR) is 70.8 cm³/mol. The summed E-state index contributed by atoms with van der Waals surface area (Å²) in [5.41, 5.74) is 0.489. The summed E-state index contributed by atoms with van der Waals surface area (Å²) in [4.78, 5) is 24.5. The monoisotopic (exact) mass is 283 g/mol. The zero-order valence-electron chi connectivity index (χ0n) is 10.4. The Morgan fingerprint density at radius 2 is 2.26 bits per heavy atom. The molecule has 5 nitrogen and oxygen atoms in total. The summed E-state index contributed by atoms with van der Waals surface area (Å²) in [5, 5.41) is 9.56. The van der Waals surface area contributed by atoms with Crippen molar-refractivity contribution in [2.45, 2.75) is 25.3 Å². The van der Waals surface area contributed by atoms with Gasteiger partial charge in [0.2, 0.25) is 5.91 Å². The van der Waals surface area contributed by atoms with Gasteiger partial charge in [0.1, 0.15) is 11.8 Å². The Hall–Kier alpha value is -1.75. The number of ether oxygens (including phenoxy) is 1. The summed E-state index contributed by atoms with van der Waals surface area (Å²) < 4.78 is 5.04. The number of benzene rings is 1. The molecule has 0 spiro atoms. The Kier molecular flexibility index (Phi) is 3.95. The molecule has 1 aliphatic heterocycles. The first kappa shape index (κ1) is 13.7. The Bertz CT molecular complexity index is 517. The molecule has 0 aliphatic carbocycles. The molecule has 6 heteroatoms. The minimum absolute atomic E-state index is 0.195. The predicted octanol–water partition coefficient (Wildman–Crippen LogP) is 2.32. The van der Waals surface area contributed by atoms with Crippen molar-refractivity contribution in [1.82, 2.24) is 0 Å². The molecule has 1 fully saturated rings. The molecule has 1 N–H and O–H groups in total. The lowest BCUT2D eigenvalue weighted by Gasteiger charge is -2.33. The molecule has 1 aliphatic rings. The highest BCUT2D eigenvalue weighted by Gasteiger charge is 2.34. The molecule has 1 heterocycles. The van der Waals surface area contributed by atoms with Crippen LogP contribution in [0.1, 0.15) is 19.3 Å². The fourth-order valence-electron chi connectivity index (χ4n) is 2.23. The number of methoxy groups -OCH3 is 1. The van der Waals surface area contributed by atoms with E-state index in [-0.39, 0.29) is 5.91 Å². The summed E-state index contributed by atoms with van der Waals surface area (Å²) in [6.45, 7) is 0. The molecular weight excluding hydrogens is 270 g/mol. The lowest BCUT2D eigenvalue weighted by molar-refractivity contribution is -0.141. The van der Waals surface area contributed by atoms with E-state index >= 15 is 0 Å².